The van der Waals surface area contributed by atoms with E-state index in [1.807, 2.05) is 48.7 Å². The lowest BCUT2D eigenvalue weighted by molar-refractivity contribution is 1.28. The predicted octanol–water partition coefficient (Wildman–Crippen LogP) is 3.77. The van der Waals surface area contributed by atoms with Crippen LogP contribution in [0.5, 0.6) is 0 Å². The van der Waals surface area contributed by atoms with Crippen molar-refractivity contribution in [3.63, 3.8) is 0 Å². The molecular formula is C18H13N5. The number of benzene rings is 1. The van der Waals surface area contributed by atoms with E-state index in [0.717, 1.165) is 33.7 Å². The maximum atomic E-state index is 4.60. The number of imidazole rings is 1. The standard InChI is InChI=1S/C18H13N5/c1-2-16-17(23-18(22-16)14-5-9-20-10-6-14)11-15(1)21-12-13-3-7-19-8-4-13/h1-12H,(H,22,23). The molecular weight excluding hydrogens is 286 g/mol. The van der Waals surface area contributed by atoms with Crippen molar-refractivity contribution in [1.82, 2.24) is 19.9 Å². The number of hydrogen-bond donors (Lipinski definition) is 1. The first-order chi connectivity index (χ1) is 11.4. The molecule has 4 aromatic rings. The maximum absolute atomic E-state index is 4.60. The Hall–Kier alpha value is -3.34. The lowest BCUT2D eigenvalue weighted by atomic mass is 10.2. The quantitative estimate of drug-likeness (QED) is 0.585. The molecule has 3 aromatic heterocycles. The molecule has 0 saturated carbocycles. The van der Waals surface area contributed by atoms with Crippen LogP contribution >= 0.6 is 0 Å². The Morgan fingerprint density at radius 2 is 1.61 bits per heavy atom. The maximum Gasteiger partial charge on any atom is 0.138 e. The van der Waals surface area contributed by atoms with Gasteiger partial charge in [-0.25, -0.2) is 4.98 Å². The van der Waals surface area contributed by atoms with E-state index in [0.29, 0.717) is 0 Å². The molecule has 0 aliphatic rings. The van der Waals surface area contributed by atoms with Crippen molar-refractivity contribution in [1.29, 1.82) is 0 Å². The summed E-state index contributed by atoms with van der Waals surface area (Å²) >= 11 is 0. The highest BCUT2D eigenvalue weighted by Crippen LogP contribution is 2.23. The van der Waals surface area contributed by atoms with E-state index in [4.69, 9.17) is 0 Å². The molecule has 5 nitrogen and oxygen atoms in total. The molecule has 5 heteroatoms. The van der Waals surface area contributed by atoms with Crippen LogP contribution < -0.4 is 0 Å². The number of hydrogen-bond acceptors (Lipinski definition) is 4. The van der Waals surface area contributed by atoms with Crippen LogP contribution in [0.1, 0.15) is 5.56 Å². The molecule has 0 fully saturated rings. The van der Waals surface area contributed by atoms with E-state index in [-0.39, 0.29) is 0 Å². The number of pyridine rings is 2. The van der Waals surface area contributed by atoms with Gasteiger partial charge in [0.25, 0.3) is 0 Å². The summed E-state index contributed by atoms with van der Waals surface area (Å²) in [5.74, 6) is 0.831. The molecule has 3 heterocycles. The summed E-state index contributed by atoms with van der Waals surface area (Å²) in [4.78, 5) is 20.4. The van der Waals surface area contributed by atoms with Crippen LogP contribution in [0.4, 0.5) is 5.69 Å². The second-order valence-electron chi connectivity index (χ2n) is 5.06. The number of aromatic amines is 1. The van der Waals surface area contributed by atoms with Gasteiger partial charge in [0, 0.05) is 36.6 Å². The molecule has 110 valence electrons. The summed E-state index contributed by atoms with van der Waals surface area (Å²) in [7, 11) is 0. The molecule has 0 saturated heterocycles. The zero-order valence-electron chi connectivity index (χ0n) is 12.2. The summed E-state index contributed by atoms with van der Waals surface area (Å²) < 4.78 is 0. The van der Waals surface area contributed by atoms with Crippen molar-refractivity contribution in [3.8, 4) is 11.4 Å². The van der Waals surface area contributed by atoms with Crippen LogP contribution in [0.3, 0.4) is 0 Å². The Kier molecular flexibility index (Phi) is 3.37. The van der Waals surface area contributed by atoms with Gasteiger partial charge in [0.2, 0.25) is 0 Å². The molecule has 0 aliphatic heterocycles. The smallest absolute Gasteiger partial charge is 0.138 e. The van der Waals surface area contributed by atoms with Crippen LogP contribution in [0.2, 0.25) is 0 Å². The molecule has 1 aromatic carbocycles. The van der Waals surface area contributed by atoms with E-state index in [1.165, 1.54) is 0 Å². The lowest BCUT2D eigenvalue weighted by Crippen LogP contribution is -1.80. The van der Waals surface area contributed by atoms with E-state index in [9.17, 15) is 0 Å². The minimum Gasteiger partial charge on any atom is -0.338 e. The molecule has 0 bridgehead atoms. The molecule has 23 heavy (non-hydrogen) atoms. The van der Waals surface area contributed by atoms with Gasteiger partial charge in [0.15, 0.2) is 0 Å². The third kappa shape index (κ3) is 2.85. The highest BCUT2D eigenvalue weighted by Gasteiger charge is 2.05. The molecule has 0 unspecified atom stereocenters. The number of rotatable bonds is 3. The molecule has 0 atom stereocenters. The first-order valence-corrected chi connectivity index (χ1v) is 7.23. The van der Waals surface area contributed by atoms with Crippen LogP contribution in [-0.4, -0.2) is 26.2 Å². The van der Waals surface area contributed by atoms with Gasteiger partial charge >= 0.3 is 0 Å². The Morgan fingerprint density at radius 1 is 0.870 bits per heavy atom. The van der Waals surface area contributed by atoms with Crippen LogP contribution in [0, 0.1) is 0 Å². The van der Waals surface area contributed by atoms with Crippen LogP contribution in [0.25, 0.3) is 22.4 Å². The SMILES string of the molecule is C(=Nc1ccc2nc(-c3ccncc3)[nH]c2c1)c1ccncc1. The fourth-order valence-corrected chi connectivity index (χ4v) is 2.32. The number of nitrogens with zero attached hydrogens (tertiary/aromatic N) is 4. The molecule has 0 spiro atoms. The molecule has 0 aliphatic carbocycles. The zero-order valence-corrected chi connectivity index (χ0v) is 12.2. The van der Waals surface area contributed by atoms with Crippen molar-refractivity contribution in [2.24, 2.45) is 4.99 Å². The largest absolute Gasteiger partial charge is 0.338 e. The van der Waals surface area contributed by atoms with Crippen molar-refractivity contribution in [2.75, 3.05) is 0 Å². The third-order valence-corrected chi connectivity index (χ3v) is 3.49. The van der Waals surface area contributed by atoms with Crippen molar-refractivity contribution < 1.29 is 0 Å². The predicted molar refractivity (Wildman–Crippen MR) is 90.8 cm³/mol. The average molecular weight is 299 g/mol. The summed E-state index contributed by atoms with van der Waals surface area (Å²) in [6, 6.07) is 13.6. The Morgan fingerprint density at radius 3 is 2.39 bits per heavy atom. The van der Waals surface area contributed by atoms with Gasteiger partial charge < -0.3 is 4.98 Å². The average Bonchev–Trinajstić information content (AvgIpc) is 3.05. The normalized spacial score (nSPS) is 11.3. The van der Waals surface area contributed by atoms with Gasteiger partial charge in [-0.1, -0.05) is 0 Å². The fourth-order valence-electron chi connectivity index (χ4n) is 2.32. The number of aromatic nitrogens is 4. The highest BCUT2D eigenvalue weighted by atomic mass is 14.9. The molecule has 0 radical (unpaired) electrons. The molecule has 4 rings (SSSR count). The van der Waals surface area contributed by atoms with E-state index in [1.54, 1.807) is 24.8 Å². The Bertz CT molecular complexity index is 959. The molecule has 1 N–H and O–H groups in total. The lowest BCUT2D eigenvalue weighted by Gasteiger charge is -1.94. The van der Waals surface area contributed by atoms with Gasteiger partial charge in [-0.05, 0) is 48.0 Å². The minimum absolute atomic E-state index is 0.831. The van der Waals surface area contributed by atoms with Crippen molar-refractivity contribution in [2.45, 2.75) is 0 Å². The van der Waals surface area contributed by atoms with E-state index >= 15 is 0 Å². The number of aliphatic imine (C=N–C) groups is 1. The monoisotopic (exact) mass is 299 g/mol. The number of H-pyrrole nitrogens is 1. The Labute approximate surface area is 132 Å². The fraction of sp³-hybridized carbons (Fsp3) is 0. The van der Waals surface area contributed by atoms with Gasteiger partial charge in [0.05, 0.1) is 16.7 Å². The van der Waals surface area contributed by atoms with Gasteiger partial charge in [-0.2, -0.15) is 0 Å². The Balaban J connectivity index is 1.67. The van der Waals surface area contributed by atoms with Crippen molar-refractivity contribution >= 4 is 22.9 Å². The van der Waals surface area contributed by atoms with E-state index < -0.39 is 0 Å². The second-order valence-corrected chi connectivity index (χ2v) is 5.06. The summed E-state index contributed by atoms with van der Waals surface area (Å²) in [5, 5.41) is 0. The third-order valence-electron chi connectivity index (χ3n) is 3.49. The highest BCUT2D eigenvalue weighted by molar-refractivity contribution is 5.85. The molecule has 0 amide bonds. The first kappa shape index (κ1) is 13.3. The van der Waals surface area contributed by atoms with Crippen LogP contribution in [-0.2, 0) is 0 Å². The summed E-state index contributed by atoms with van der Waals surface area (Å²) in [5.41, 5.74) is 4.78. The summed E-state index contributed by atoms with van der Waals surface area (Å²) in [6.07, 6.45) is 8.84. The summed E-state index contributed by atoms with van der Waals surface area (Å²) in [6.45, 7) is 0. The first-order valence-electron chi connectivity index (χ1n) is 7.23. The number of nitrogens with one attached hydrogen (secondary N) is 1. The zero-order chi connectivity index (χ0) is 15.5. The van der Waals surface area contributed by atoms with E-state index in [2.05, 4.69) is 24.9 Å². The van der Waals surface area contributed by atoms with Crippen LogP contribution in [0.15, 0.2) is 72.2 Å². The number of fused-ring (bicyclic) bond motifs is 1. The van der Waals surface area contributed by atoms with Gasteiger partial charge in [-0.15, -0.1) is 0 Å². The second kappa shape index (κ2) is 5.81. The topological polar surface area (TPSA) is 66.8 Å². The van der Waals surface area contributed by atoms with Crippen molar-refractivity contribution in [3.05, 3.63) is 72.8 Å². The van der Waals surface area contributed by atoms with Gasteiger partial charge in [-0.3, -0.25) is 15.0 Å². The minimum atomic E-state index is 0.831. The van der Waals surface area contributed by atoms with Gasteiger partial charge in [0.1, 0.15) is 5.82 Å².